The lowest BCUT2D eigenvalue weighted by Crippen LogP contribution is -2.00. The molecule has 2 aromatic rings. The maximum atomic E-state index is 12.5. The molecule has 0 aliphatic rings. The zero-order valence-electron chi connectivity index (χ0n) is 11.1. The highest BCUT2D eigenvalue weighted by Gasteiger charge is 2.12. The van der Waals surface area contributed by atoms with E-state index in [4.69, 9.17) is 4.74 Å². The van der Waals surface area contributed by atoms with Gasteiger partial charge in [-0.25, -0.2) is 8.78 Å². The summed E-state index contributed by atoms with van der Waals surface area (Å²) in [5.74, 6) is 0.733. The van der Waals surface area contributed by atoms with Gasteiger partial charge in [0.2, 0.25) is 0 Å². The Hall–Kier alpha value is -1.94. The number of aliphatic hydroxyl groups excluding tert-OH is 1. The fourth-order valence-electron chi connectivity index (χ4n) is 1.93. The van der Waals surface area contributed by atoms with Gasteiger partial charge in [0.25, 0.3) is 6.43 Å². The molecular weight excluding hydrogens is 262 g/mol. The van der Waals surface area contributed by atoms with E-state index in [1.807, 2.05) is 6.92 Å². The molecule has 0 heterocycles. The predicted molar refractivity (Wildman–Crippen MR) is 73.1 cm³/mol. The zero-order valence-corrected chi connectivity index (χ0v) is 11.1. The molecule has 0 bridgehead atoms. The molecule has 0 spiro atoms. The Kier molecular flexibility index (Phi) is 4.69. The van der Waals surface area contributed by atoms with E-state index >= 15 is 0 Å². The Morgan fingerprint density at radius 2 is 1.35 bits per heavy atom. The number of rotatable bonds is 5. The van der Waals surface area contributed by atoms with Crippen LogP contribution in [0.1, 0.15) is 36.1 Å². The van der Waals surface area contributed by atoms with Crippen LogP contribution in [0.4, 0.5) is 8.78 Å². The van der Waals surface area contributed by atoms with E-state index < -0.39 is 12.5 Å². The standard InChI is InChI=1S/C16H16F2O2/c1-2-20-14-9-7-12(8-10-14)15(19)11-3-5-13(6-4-11)16(17)18/h3-10,15-16,19H,2H2,1H3. The summed E-state index contributed by atoms with van der Waals surface area (Å²) in [4.78, 5) is 0. The largest absolute Gasteiger partial charge is 0.494 e. The Morgan fingerprint density at radius 1 is 0.900 bits per heavy atom. The molecule has 0 aliphatic carbocycles. The van der Waals surface area contributed by atoms with Crippen molar-refractivity contribution in [1.29, 1.82) is 0 Å². The Labute approximate surface area is 116 Å². The summed E-state index contributed by atoms with van der Waals surface area (Å²) in [5.41, 5.74) is 1.23. The molecule has 0 saturated heterocycles. The molecule has 0 amide bonds. The summed E-state index contributed by atoms with van der Waals surface area (Å²) in [7, 11) is 0. The predicted octanol–water partition coefficient (Wildman–Crippen LogP) is 4.10. The minimum Gasteiger partial charge on any atom is -0.494 e. The average Bonchev–Trinajstić information content (AvgIpc) is 2.48. The number of ether oxygens (including phenoxy) is 1. The van der Waals surface area contributed by atoms with Crippen LogP contribution in [0, 0.1) is 0 Å². The second-order valence-corrected chi connectivity index (χ2v) is 4.37. The summed E-state index contributed by atoms with van der Waals surface area (Å²) in [6, 6.07) is 12.8. The van der Waals surface area contributed by atoms with Gasteiger partial charge in [-0.05, 0) is 30.2 Å². The molecule has 0 radical (unpaired) electrons. The summed E-state index contributed by atoms with van der Waals surface area (Å²) in [5, 5.41) is 10.2. The Balaban J connectivity index is 2.15. The van der Waals surface area contributed by atoms with Crippen LogP contribution in [0.5, 0.6) is 5.75 Å². The Bertz CT molecular complexity index is 535. The molecule has 0 aliphatic heterocycles. The summed E-state index contributed by atoms with van der Waals surface area (Å²) < 4.78 is 30.3. The van der Waals surface area contributed by atoms with Gasteiger partial charge in [0, 0.05) is 5.56 Å². The number of alkyl halides is 2. The van der Waals surface area contributed by atoms with Crippen molar-refractivity contribution in [1.82, 2.24) is 0 Å². The number of aliphatic hydroxyl groups is 1. The van der Waals surface area contributed by atoms with Crippen molar-refractivity contribution in [3.63, 3.8) is 0 Å². The highest BCUT2D eigenvalue weighted by atomic mass is 19.3. The SMILES string of the molecule is CCOc1ccc(C(O)c2ccc(C(F)F)cc2)cc1. The average molecular weight is 278 g/mol. The highest BCUT2D eigenvalue weighted by molar-refractivity contribution is 5.35. The first kappa shape index (κ1) is 14.5. The maximum Gasteiger partial charge on any atom is 0.263 e. The smallest absolute Gasteiger partial charge is 0.263 e. The lowest BCUT2D eigenvalue weighted by molar-refractivity contribution is 0.151. The first-order valence-corrected chi connectivity index (χ1v) is 6.40. The second-order valence-electron chi connectivity index (χ2n) is 4.37. The second kappa shape index (κ2) is 6.48. The van der Waals surface area contributed by atoms with Crippen LogP contribution in [-0.2, 0) is 0 Å². The lowest BCUT2D eigenvalue weighted by atomic mass is 10.0. The summed E-state index contributed by atoms with van der Waals surface area (Å²) >= 11 is 0. The van der Waals surface area contributed by atoms with E-state index in [-0.39, 0.29) is 5.56 Å². The van der Waals surface area contributed by atoms with Crippen molar-refractivity contribution < 1.29 is 18.6 Å². The van der Waals surface area contributed by atoms with Gasteiger partial charge in [-0.1, -0.05) is 36.4 Å². The van der Waals surface area contributed by atoms with E-state index in [1.54, 1.807) is 24.3 Å². The molecule has 1 atom stereocenters. The topological polar surface area (TPSA) is 29.5 Å². The van der Waals surface area contributed by atoms with Crippen LogP contribution in [0.2, 0.25) is 0 Å². The van der Waals surface area contributed by atoms with Crippen molar-refractivity contribution in [3.05, 3.63) is 65.2 Å². The van der Waals surface area contributed by atoms with Crippen LogP contribution >= 0.6 is 0 Å². The van der Waals surface area contributed by atoms with E-state index in [0.717, 1.165) is 5.75 Å². The highest BCUT2D eigenvalue weighted by Crippen LogP contribution is 2.26. The third kappa shape index (κ3) is 3.33. The molecule has 0 saturated carbocycles. The van der Waals surface area contributed by atoms with Crippen molar-refractivity contribution >= 4 is 0 Å². The van der Waals surface area contributed by atoms with E-state index in [1.165, 1.54) is 24.3 Å². The summed E-state index contributed by atoms with van der Waals surface area (Å²) in [6.07, 6.45) is -3.33. The molecule has 2 aromatic carbocycles. The van der Waals surface area contributed by atoms with Gasteiger partial charge < -0.3 is 9.84 Å². The van der Waals surface area contributed by atoms with Gasteiger partial charge >= 0.3 is 0 Å². The third-order valence-corrected chi connectivity index (χ3v) is 3.01. The number of benzene rings is 2. The van der Waals surface area contributed by atoms with E-state index in [9.17, 15) is 13.9 Å². The first-order valence-electron chi connectivity index (χ1n) is 6.40. The summed E-state index contributed by atoms with van der Waals surface area (Å²) in [6.45, 7) is 2.48. The molecular formula is C16H16F2O2. The number of hydrogen-bond donors (Lipinski definition) is 1. The molecule has 1 N–H and O–H groups in total. The molecule has 4 heteroatoms. The molecule has 106 valence electrons. The van der Waals surface area contributed by atoms with E-state index in [2.05, 4.69) is 0 Å². The van der Waals surface area contributed by atoms with Crippen LogP contribution < -0.4 is 4.74 Å². The van der Waals surface area contributed by atoms with Crippen molar-refractivity contribution in [2.75, 3.05) is 6.61 Å². The van der Waals surface area contributed by atoms with Gasteiger partial charge in [0.1, 0.15) is 11.9 Å². The number of hydrogen-bond acceptors (Lipinski definition) is 2. The van der Waals surface area contributed by atoms with Gasteiger partial charge in [-0.2, -0.15) is 0 Å². The van der Waals surface area contributed by atoms with Gasteiger partial charge in [-0.15, -0.1) is 0 Å². The fourth-order valence-corrected chi connectivity index (χ4v) is 1.93. The zero-order chi connectivity index (χ0) is 14.5. The van der Waals surface area contributed by atoms with Crippen molar-refractivity contribution in [2.24, 2.45) is 0 Å². The van der Waals surface area contributed by atoms with E-state index in [0.29, 0.717) is 17.7 Å². The Morgan fingerprint density at radius 3 is 1.80 bits per heavy atom. The number of halogens is 2. The molecule has 20 heavy (non-hydrogen) atoms. The molecule has 2 nitrogen and oxygen atoms in total. The lowest BCUT2D eigenvalue weighted by Gasteiger charge is -2.13. The van der Waals surface area contributed by atoms with Crippen LogP contribution in [0.15, 0.2) is 48.5 Å². The molecule has 0 aromatic heterocycles. The minimum absolute atomic E-state index is 0.0485. The van der Waals surface area contributed by atoms with Crippen LogP contribution in [-0.4, -0.2) is 11.7 Å². The van der Waals surface area contributed by atoms with Crippen LogP contribution in [0.3, 0.4) is 0 Å². The minimum atomic E-state index is -2.49. The quantitative estimate of drug-likeness (QED) is 0.892. The van der Waals surface area contributed by atoms with Gasteiger partial charge in [0.05, 0.1) is 6.61 Å². The van der Waals surface area contributed by atoms with Crippen LogP contribution in [0.25, 0.3) is 0 Å². The monoisotopic (exact) mass is 278 g/mol. The molecule has 1 unspecified atom stereocenters. The first-order chi connectivity index (χ1) is 9.61. The van der Waals surface area contributed by atoms with Crippen molar-refractivity contribution in [2.45, 2.75) is 19.5 Å². The molecule has 2 rings (SSSR count). The van der Waals surface area contributed by atoms with Gasteiger partial charge in [-0.3, -0.25) is 0 Å². The third-order valence-electron chi connectivity index (χ3n) is 3.01. The maximum absolute atomic E-state index is 12.5. The molecule has 0 fully saturated rings. The van der Waals surface area contributed by atoms with Gasteiger partial charge in [0.15, 0.2) is 0 Å². The normalized spacial score (nSPS) is 12.4. The van der Waals surface area contributed by atoms with Crippen molar-refractivity contribution in [3.8, 4) is 5.75 Å². The fraction of sp³-hybridized carbons (Fsp3) is 0.250.